The molecule has 3 rings (SSSR count). The molecule has 0 fully saturated rings. The van der Waals surface area contributed by atoms with Crippen molar-refractivity contribution >= 4 is 22.3 Å². The van der Waals surface area contributed by atoms with E-state index in [2.05, 4.69) is 35.2 Å². The Balaban J connectivity index is 1.52. The summed E-state index contributed by atoms with van der Waals surface area (Å²) in [5.41, 5.74) is 5.64. The number of nitrogens with zero attached hydrogens (tertiary/aromatic N) is 1. The van der Waals surface area contributed by atoms with Gasteiger partial charge in [0.2, 0.25) is 0 Å². The van der Waals surface area contributed by atoms with Crippen molar-refractivity contribution < 1.29 is 27.9 Å². The van der Waals surface area contributed by atoms with E-state index in [9.17, 15) is 27.9 Å². The molecule has 4 nitrogen and oxygen atoms in total. The molecule has 41 heavy (non-hydrogen) atoms. The number of alkyl halides is 3. The number of aliphatic hydroxyl groups is 1. The molecule has 0 bridgehead atoms. The van der Waals surface area contributed by atoms with Crippen LogP contribution in [0.1, 0.15) is 88.3 Å². The molecule has 2 N–H and O–H groups in total. The minimum Gasteiger partial charge on any atom is -0.616 e. The van der Waals surface area contributed by atoms with Crippen LogP contribution in [0, 0.1) is 0 Å². The quantitative estimate of drug-likeness (QED) is 0.154. The van der Waals surface area contributed by atoms with Crippen LogP contribution in [0.3, 0.4) is 0 Å². The van der Waals surface area contributed by atoms with E-state index in [1.807, 2.05) is 12.1 Å². The predicted molar refractivity (Wildman–Crippen MR) is 163 cm³/mol. The first kappa shape index (κ1) is 33.5. The maximum absolute atomic E-state index is 12.4. The summed E-state index contributed by atoms with van der Waals surface area (Å²) in [6.45, 7) is 5.38. The molecule has 0 aromatic heterocycles. The van der Waals surface area contributed by atoms with Gasteiger partial charge in [-0.15, -0.1) is 0 Å². The second kappa shape index (κ2) is 16.0. The largest absolute Gasteiger partial charge is 0.616 e. The summed E-state index contributed by atoms with van der Waals surface area (Å²) in [5.74, 6) is 0.217. The highest BCUT2D eigenvalue weighted by Crippen LogP contribution is 2.39. The number of phenolic OH excluding ortho intramolecular Hbond substituents is 1. The minimum absolute atomic E-state index is 0.247. The summed E-state index contributed by atoms with van der Waals surface area (Å²) in [4.78, 5) is 2.14. The molecule has 0 saturated heterocycles. The molecule has 0 spiro atoms. The number of aryl methyl sites for hydroxylation is 1. The molecule has 0 heterocycles. The third kappa shape index (κ3) is 12.4. The zero-order valence-corrected chi connectivity index (χ0v) is 25.3. The fourth-order valence-corrected chi connectivity index (χ4v) is 6.80. The number of benzene rings is 2. The molecule has 0 aliphatic heterocycles. The van der Waals surface area contributed by atoms with E-state index < -0.39 is 29.4 Å². The Kier molecular flexibility index (Phi) is 13.1. The molecule has 1 aliphatic rings. The summed E-state index contributed by atoms with van der Waals surface area (Å²) in [7, 11) is 0. The molecular weight excluding hydrogens is 547 g/mol. The van der Waals surface area contributed by atoms with Gasteiger partial charge in [0.25, 0.3) is 0 Å². The summed E-state index contributed by atoms with van der Waals surface area (Å²) < 4.78 is 49.2. The molecule has 0 saturated carbocycles. The molecule has 1 aliphatic carbocycles. The number of hydrogen-bond donors (Lipinski definition) is 2. The summed E-state index contributed by atoms with van der Waals surface area (Å²) in [6, 6.07) is 16.3. The van der Waals surface area contributed by atoms with Crippen molar-refractivity contribution in [1.82, 2.24) is 4.90 Å². The van der Waals surface area contributed by atoms with Gasteiger partial charge < -0.3 is 19.7 Å². The fraction of sp³-hybridized carbons (Fsp3) is 0.576. The highest BCUT2D eigenvalue weighted by Gasteiger charge is 2.29. The molecule has 1 unspecified atom stereocenters. The lowest BCUT2D eigenvalue weighted by Crippen LogP contribution is -2.40. The van der Waals surface area contributed by atoms with Crippen LogP contribution in [-0.2, 0) is 17.6 Å². The molecule has 2 aromatic carbocycles. The SMILES string of the molecule is CC(C)(O)CN(CCCCCCC1=C(c2ccccc2)CCCc2cc(O)ccc21)CCC[S+]([O-])CCC(F)(F)F. The van der Waals surface area contributed by atoms with Gasteiger partial charge in [-0.2, -0.15) is 13.2 Å². The number of phenols is 1. The normalized spacial score (nSPS) is 15.2. The van der Waals surface area contributed by atoms with Crippen molar-refractivity contribution in [2.45, 2.75) is 89.8 Å². The van der Waals surface area contributed by atoms with Crippen LogP contribution < -0.4 is 0 Å². The van der Waals surface area contributed by atoms with Gasteiger partial charge in [-0.25, -0.2) is 0 Å². The Labute approximate surface area is 246 Å². The van der Waals surface area contributed by atoms with Crippen molar-refractivity contribution in [3.05, 3.63) is 65.2 Å². The Morgan fingerprint density at radius 1 is 0.902 bits per heavy atom. The van der Waals surface area contributed by atoms with Crippen LogP contribution in [-0.4, -0.2) is 62.6 Å². The van der Waals surface area contributed by atoms with Crippen LogP contribution in [0.5, 0.6) is 5.75 Å². The second-order valence-electron chi connectivity index (χ2n) is 11.8. The predicted octanol–water partition coefficient (Wildman–Crippen LogP) is 7.75. The molecule has 0 amide bonds. The van der Waals surface area contributed by atoms with Gasteiger partial charge in [-0.05, 0) is 98.9 Å². The maximum atomic E-state index is 12.4. The third-order valence-electron chi connectivity index (χ3n) is 7.49. The van der Waals surface area contributed by atoms with Gasteiger partial charge in [0, 0.05) is 19.5 Å². The van der Waals surface area contributed by atoms with Crippen LogP contribution in [0.25, 0.3) is 11.1 Å². The van der Waals surface area contributed by atoms with E-state index >= 15 is 0 Å². The maximum Gasteiger partial charge on any atom is 0.393 e. The molecule has 0 radical (unpaired) electrons. The van der Waals surface area contributed by atoms with Crippen molar-refractivity contribution in [3.63, 3.8) is 0 Å². The molecule has 1 atom stereocenters. The van der Waals surface area contributed by atoms with Crippen molar-refractivity contribution in [2.24, 2.45) is 0 Å². The van der Waals surface area contributed by atoms with Gasteiger partial charge in [0.1, 0.15) is 17.3 Å². The van der Waals surface area contributed by atoms with Crippen LogP contribution >= 0.6 is 0 Å². The molecular formula is C33H46F3NO3S. The van der Waals surface area contributed by atoms with Gasteiger partial charge >= 0.3 is 6.18 Å². The fourth-order valence-electron chi connectivity index (χ4n) is 5.68. The van der Waals surface area contributed by atoms with Gasteiger partial charge in [0.05, 0.1) is 12.0 Å². The molecule has 228 valence electrons. The standard InChI is InChI=1S/C33H46F3NO3S/c1-32(2,39)25-37(21-11-22-41(40)23-19-33(34,35)36)20-9-4-3-8-15-31-29(26-12-6-5-7-13-26)16-10-14-27-24-28(38)17-18-30(27)31/h5-7,12-13,17-18,24,38-39H,3-4,8-11,14-16,19-23,25H2,1-2H3. The van der Waals surface area contributed by atoms with E-state index in [0.29, 0.717) is 25.3 Å². The number of hydrogen-bond acceptors (Lipinski definition) is 4. The van der Waals surface area contributed by atoms with E-state index in [0.717, 1.165) is 57.9 Å². The third-order valence-corrected chi connectivity index (χ3v) is 8.90. The summed E-state index contributed by atoms with van der Waals surface area (Å²) in [6.07, 6.45) is 3.38. The number of allylic oxidation sites excluding steroid dienone is 2. The van der Waals surface area contributed by atoms with Crippen molar-refractivity contribution in [2.75, 3.05) is 31.1 Å². The van der Waals surface area contributed by atoms with E-state index in [1.165, 1.54) is 27.8 Å². The molecule has 8 heteroatoms. The lowest BCUT2D eigenvalue weighted by atomic mass is 9.89. The van der Waals surface area contributed by atoms with Crippen molar-refractivity contribution in [3.8, 4) is 5.75 Å². The monoisotopic (exact) mass is 593 g/mol. The number of fused-ring (bicyclic) bond motifs is 1. The number of halogens is 3. The Bertz CT molecular complexity index is 1100. The highest BCUT2D eigenvalue weighted by molar-refractivity contribution is 7.91. The Morgan fingerprint density at radius 2 is 1.61 bits per heavy atom. The number of rotatable bonds is 16. The zero-order chi connectivity index (χ0) is 29.9. The second-order valence-corrected chi connectivity index (χ2v) is 13.5. The van der Waals surface area contributed by atoms with Gasteiger partial charge in [-0.3, -0.25) is 0 Å². The summed E-state index contributed by atoms with van der Waals surface area (Å²) >= 11 is -1.48. The van der Waals surface area contributed by atoms with E-state index in [4.69, 9.17) is 0 Å². The van der Waals surface area contributed by atoms with Gasteiger partial charge in [0.15, 0.2) is 0 Å². The average molecular weight is 594 g/mol. The minimum atomic E-state index is -4.27. The number of aromatic hydroxyl groups is 1. The first-order chi connectivity index (χ1) is 19.4. The highest BCUT2D eigenvalue weighted by atomic mass is 32.2. The van der Waals surface area contributed by atoms with Gasteiger partial charge in [-0.1, -0.05) is 60.4 Å². The lowest BCUT2D eigenvalue weighted by molar-refractivity contribution is -0.129. The topological polar surface area (TPSA) is 66.8 Å². The smallest absolute Gasteiger partial charge is 0.393 e. The van der Waals surface area contributed by atoms with E-state index in [1.54, 1.807) is 19.9 Å². The van der Waals surface area contributed by atoms with Crippen LogP contribution in [0.4, 0.5) is 13.2 Å². The first-order valence-corrected chi connectivity index (χ1v) is 16.4. The summed E-state index contributed by atoms with van der Waals surface area (Å²) in [5, 5.41) is 20.4. The Hall–Kier alpha value is -2.00. The van der Waals surface area contributed by atoms with Crippen molar-refractivity contribution in [1.29, 1.82) is 0 Å². The first-order valence-electron chi connectivity index (χ1n) is 14.9. The Morgan fingerprint density at radius 3 is 2.32 bits per heavy atom. The van der Waals surface area contributed by atoms with E-state index in [-0.39, 0.29) is 11.5 Å². The number of unbranched alkanes of at least 4 members (excludes halogenated alkanes) is 3. The lowest BCUT2D eigenvalue weighted by Gasteiger charge is -2.29. The van der Waals surface area contributed by atoms with Crippen LogP contribution in [0.15, 0.2) is 48.5 Å². The average Bonchev–Trinajstić information content (AvgIpc) is 3.07. The van der Waals surface area contributed by atoms with Crippen LogP contribution in [0.2, 0.25) is 0 Å². The molecule has 2 aromatic rings. The zero-order valence-electron chi connectivity index (χ0n) is 24.5.